The molecule has 0 aliphatic heterocycles. The van der Waals surface area contributed by atoms with Crippen molar-refractivity contribution in [2.24, 2.45) is 11.8 Å². The van der Waals surface area contributed by atoms with Gasteiger partial charge < -0.3 is 5.11 Å². The average Bonchev–Trinajstić information content (AvgIpc) is 2.03. The molecular weight excluding hydrogens is 160 g/mol. The Morgan fingerprint density at radius 3 is 2.69 bits per heavy atom. The molecule has 0 radical (unpaired) electrons. The molecule has 0 aromatic rings. The van der Waals surface area contributed by atoms with Gasteiger partial charge in [0.25, 0.3) is 0 Å². The largest absolute Gasteiger partial charge is 0.390 e. The van der Waals surface area contributed by atoms with Crippen molar-refractivity contribution in [3.63, 3.8) is 0 Å². The summed E-state index contributed by atoms with van der Waals surface area (Å²) < 4.78 is 0. The Balaban J connectivity index is 2.63. The Hall–Kier alpha value is -0.300. The van der Waals surface area contributed by atoms with Crippen molar-refractivity contribution in [1.29, 1.82) is 0 Å². The van der Waals surface area contributed by atoms with E-state index in [1.807, 2.05) is 6.92 Å². The molecule has 0 saturated heterocycles. The maximum absolute atomic E-state index is 10.1. The minimum Gasteiger partial charge on any atom is -0.390 e. The Bertz CT molecular complexity index is 193. The van der Waals surface area contributed by atoms with E-state index in [1.165, 1.54) is 5.57 Å². The monoisotopic (exact) mass is 182 g/mol. The molecule has 1 rings (SSSR count). The first-order valence-electron chi connectivity index (χ1n) is 5.35. The molecule has 0 spiro atoms. The van der Waals surface area contributed by atoms with Crippen molar-refractivity contribution >= 4 is 0 Å². The van der Waals surface area contributed by atoms with E-state index in [2.05, 4.69) is 20.4 Å². The van der Waals surface area contributed by atoms with Gasteiger partial charge in [-0.15, -0.1) is 0 Å². The highest BCUT2D eigenvalue weighted by molar-refractivity contribution is 5.02. The molecule has 0 heterocycles. The van der Waals surface area contributed by atoms with Crippen LogP contribution in [0.4, 0.5) is 0 Å². The average molecular weight is 182 g/mol. The van der Waals surface area contributed by atoms with Crippen LogP contribution in [-0.2, 0) is 0 Å². The van der Waals surface area contributed by atoms with Gasteiger partial charge in [0.1, 0.15) is 0 Å². The summed E-state index contributed by atoms with van der Waals surface area (Å²) in [6, 6.07) is 0. The second-order valence-electron chi connectivity index (χ2n) is 4.78. The van der Waals surface area contributed by atoms with E-state index in [1.54, 1.807) is 0 Å². The zero-order chi connectivity index (χ0) is 10.1. The summed E-state index contributed by atoms with van der Waals surface area (Å²) >= 11 is 0. The van der Waals surface area contributed by atoms with Gasteiger partial charge in [-0.2, -0.15) is 0 Å². The topological polar surface area (TPSA) is 20.2 Å². The first-order valence-corrected chi connectivity index (χ1v) is 5.35. The Morgan fingerprint density at radius 1 is 1.62 bits per heavy atom. The standard InChI is InChI=1S/C12H22O/c1-5-11-8-10(9(2)3)6-7-12(11,4)13/h10-11,13H,2,5-8H2,1,3-4H3/t10-,11-,12-/m0/s1. The zero-order valence-corrected chi connectivity index (χ0v) is 9.14. The zero-order valence-electron chi connectivity index (χ0n) is 9.14. The third-order valence-electron chi connectivity index (χ3n) is 3.64. The van der Waals surface area contributed by atoms with Crippen LogP contribution in [0, 0.1) is 11.8 Å². The summed E-state index contributed by atoms with van der Waals surface area (Å²) in [5.41, 5.74) is 0.856. The first-order chi connectivity index (χ1) is 5.97. The SMILES string of the molecule is C=C(C)[C@H]1CC[C@](C)(O)[C@@H](CC)C1. The van der Waals surface area contributed by atoms with Crippen LogP contribution < -0.4 is 0 Å². The van der Waals surface area contributed by atoms with Crippen molar-refractivity contribution < 1.29 is 5.11 Å². The molecule has 1 aliphatic carbocycles. The van der Waals surface area contributed by atoms with Gasteiger partial charge >= 0.3 is 0 Å². The quantitative estimate of drug-likeness (QED) is 0.650. The molecule has 0 amide bonds. The number of allylic oxidation sites excluding steroid dienone is 1. The van der Waals surface area contributed by atoms with Crippen LogP contribution in [0.1, 0.15) is 46.5 Å². The molecule has 0 unspecified atom stereocenters. The highest BCUT2D eigenvalue weighted by Crippen LogP contribution is 2.40. The van der Waals surface area contributed by atoms with Crippen LogP contribution in [0.2, 0.25) is 0 Å². The van der Waals surface area contributed by atoms with Gasteiger partial charge in [0, 0.05) is 0 Å². The Kier molecular flexibility index (Phi) is 3.18. The van der Waals surface area contributed by atoms with E-state index in [-0.39, 0.29) is 0 Å². The highest BCUT2D eigenvalue weighted by Gasteiger charge is 2.37. The maximum atomic E-state index is 10.1. The smallest absolute Gasteiger partial charge is 0.0648 e. The summed E-state index contributed by atoms with van der Waals surface area (Å²) in [7, 11) is 0. The summed E-state index contributed by atoms with van der Waals surface area (Å²) in [6.07, 6.45) is 4.25. The van der Waals surface area contributed by atoms with Gasteiger partial charge in [-0.25, -0.2) is 0 Å². The molecule has 1 aliphatic rings. The molecule has 3 atom stereocenters. The van der Waals surface area contributed by atoms with Crippen LogP contribution >= 0.6 is 0 Å². The van der Waals surface area contributed by atoms with E-state index in [4.69, 9.17) is 0 Å². The minimum absolute atomic E-state index is 0.430. The van der Waals surface area contributed by atoms with E-state index < -0.39 is 5.60 Å². The third-order valence-corrected chi connectivity index (χ3v) is 3.64. The fourth-order valence-electron chi connectivity index (χ4n) is 2.44. The minimum atomic E-state index is -0.430. The van der Waals surface area contributed by atoms with Crippen molar-refractivity contribution in [2.45, 2.75) is 52.1 Å². The van der Waals surface area contributed by atoms with Gasteiger partial charge in [-0.05, 0) is 44.9 Å². The number of hydrogen-bond donors (Lipinski definition) is 1. The van der Waals surface area contributed by atoms with Crippen molar-refractivity contribution in [3.8, 4) is 0 Å². The van der Waals surface area contributed by atoms with Gasteiger partial charge in [-0.1, -0.05) is 25.5 Å². The highest BCUT2D eigenvalue weighted by atomic mass is 16.3. The normalized spacial score (nSPS) is 40.3. The summed E-state index contributed by atoms with van der Waals surface area (Å²) in [5, 5.41) is 10.1. The van der Waals surface area contributed by atoms with Crippen molar-refractivity contribution in [2.75, 3.05) is 0 Å². The van der Waals surface area contributed by atoms with Gasteiger partial charge in [0.15, 0.2) is 0 Å². The predicted molar refractivity (Wildman–Crippen MR) is 56.6 cm³/mol. The molecule has 0 aromatic heterocycles. The summed E-state index contributed by atoms with van der Waals surface area (Å²) in [6.45, 7) is 10.3. The van der Waals surface area contributed by atoms with Crippen molar-refractivity contribution in [1.82, 2.24) is 0 Å². The van der Waals surface area contributed by atoms with E-state index in [0.717, 1.165) is 25.7 Å². The van der Waals surface area contributed by atoms with Crippen LogP contribution in [-0.4, -0.2) is 10.7 Å². The molecule has 0 bridgehead atoms. The fourth-order valence-corrected chi connectivity index (χ4v) is 2.44. The van der Waals surface area contributed by atoms with Gasteiger partial charge in [0.2, 0.25) is 0 Å². The predicted octanol–water partition coefficient (Wildman–Crippen LogP) is 3.14. The fraction of sp³-hybridized carbons (Fsp3) is 0.833. The first kappa shape index (κ1) is 10.8. The van der Waals surface area contributed by atoms with Gasteiger partial charge in [0.05, 0.1) is 5.60 Å². The lowest BCUT2D eigenvalue weighted by atomic mass is 9.69. The second kappa shape index (κ2) is 3.83. The lowest BCUT2D eigenvalue weighted by Crippen LogP contribution is -2.40. The lowest BCUT2D eigenvalue weighted by Gasteiger charge is -2.40. The summed E-state index contributed by atoms with van der Waals surface area (Å²) in [4.78, 5) is 0. The van der Waals surface area contributed by atoms with Crippen LogP contribution in [0.15, 0.2) is 12.2 Å². The number of rotatable bonds is 2. The molecular formula is C12H22O. The number of hydrogen-bond acceptors (Lipinski definition) is 1. The third kappa shape index (κ3) is 2.34. The Morgan fingerprint density at radius 2 is 2.23 bits per heavy atom. The molecule has 1 nitrogen and oxygen atoms in total. The van der Waals surface area contributed by atoms with E-state index in [0.29, 0.717) is 11.8 Å². The lowest BCUT2D eigenvalue weighted by molar-refractivity contribution is -0.0432. The molecule has 13 heavy (non-hydrogen) atoms. The summed E-state index contributed by atoms with van der Waals surface area (Å²) in [5.74, 6) is 1.10. The van der Waals surface area contributed by atoms with Crippen LogP contribution in [0.3, 0.4) is 0 Å². The Labute approximate surface area is 81.9 Å². The molecule has 1 N–H and O–H groups in total. The molecule has 1 fully saturated rings. The van der Waals surface area contributed by atoms with Gasteiger partial charge in [-0.3, -0.25) is 0 Å². The molecule has 1 heteroatoms. The van der Waals surface area contributed by atoms with E-state index in [9.17, 15) is 5.11 Å². The van der Waals surface area contributed by atoms with E-state index >= 15 is 0 Å². The van der Waals surface area contributed by atoms with Crippen molar-refractivity contribution in [3.05, 3.63) is 12.2 Å². The number of aliphatic hydroxyl groups is 1. The van der Waals surface area contributed by atoms with Crippen LogP contribution in [0.25, 0.3) is 0 Å². The van der Waals surface area contributed by atoms with Crippen LogP contribution in [0.5, 0.6) is 0 Å². The molecule has 1 saturated carbocycles. The second-order valence-corrected chi connectivity index (χ2v) is 4.78. The maximum Gasteiger partial charge on any atom is 0.0648 e. The molecule has 76 valence electrons. The molecule has 0 aromatic carbocycles.